The maximum Gasteiger partial charge on any atom is 0.157 e. The molecular weight excluding hydrogens is 232 g/mol. The highest BCUT2D eigenvalue weighted by Gasteiger charge is 2.17. The Hall–Kier alpha value is -0.740. The zero-order valence-electron chi connectivity index (χ0n) is 11.4. The summed E-state index contributed by atoms with van der Waals surface area (Å²) in [6.45, 7) is 4.24. The van der Waals surface area contributed by atoms with Gasteiger partial charge in [0.15, 0.2) is 6.29 Å². The van der Waals surface area contributed by atoms with Crippen molar-refractivity contribution in [2.75, 3.05) is 6.61 Å². The number of rotatable bonds is 8. The van der Waals surface area contributed by atoms with Crippen molar-refractivity contribution in [2.24, 2.45) is 0 Å². The molecule has 0 saturated carbocycles. The molecule has 2 atom stereocenters. The van der Waals surface area contributed by atoms with Crippen LogP contribution in [-0.4, -0.2) is 30.6 Å². The molecule has 1 unspecified atom stereocenters. The molecule has 1 heterocycles. The van der Waals surface area contributed by atoms with Gasteiger partial charge in [-0.2, -0.15) is 0 Å². The third-order valence-electron chi connectivity index (χ3n) is 3.03. The van der Waals surface area contributed by atoms with Crippen molar-refractivity contribution in [3.05, 3.63) is 0 Å². The van der Waals surface area contributed by atoms with E-state index in [1.165, 1.54) is 6.92 Å². The third-order valence-corrected chi connectivity index (χ3v) is 3.03. The maximum atomic E-state index is 11.3. The van der Waals surface area contributed by atoms with Gasteiger partial charge in [0.25, 0.3) is 0 Å². The molecule has 1 rings (SSSR count). The van der Waals surface area contributed by atoms with E-state index in [1.807, 2.05) is 6.92 Å². The first kappa shape index (κ1) is 15.3. The van der Waals surface area contributed by atoms with Gasteiger partial charge >= 0.3 is 0 Å². The monoisotopic (exact) mass is 256 g/mol. The van der Waals surface area contributed by atoms with Crippen molar-refractivity contribution >= 4 is 11.6 Å². The first-order valence-corrected chi connectivity index (χ1v) is 6.86. The average Bonchev–Trinajstić information content (AvgIpc) is 2.29. The summed E-state index contributed by atoms with van der Waals surface area (Å²) >= 11 is 0. The lowest BCUT2D eigenvalue weighted by molar-refractivity contribution is -0.185. The predicted octanol–water partition coefficient (Wildman–Crippen LogP) is 2.64. The Morgan fingerprint density at radius 2 is 2.17 bits per heavy atom. The fourth-order valence-corrected chi connectivity index (χ4v) is 2.10. The van der Waals surface area contributed by atoms with Crippen molar-refractivity contribution < 1.29 is 19.1 Å². The van der Waals surface area contributed by atoms with Crippen molar-refractivity contribution in [1.82, 2.24) is 0 Å². The molecule has 4 heteroatoms. The van der Waals surface area contributed by atoms with E-state index in [0.717, 1.165) is 38.7 Å². The molecule has 104 valence electrons. The molecule has 0 aromatic carbocycles. The molecule has 0 aromatic heterocycles. The van der Waals surface area contributed by atoms with Crippen molar-refractivity contribution in [1.29, 1.82) is 0 Å². The zero-order valence-corrected chi connectivity index (χ0v) is 11.4. The van der Waals surface area contributed by atoms with Crippen LogP contribution in [-0.2, 0) is 19.1 Å². The van der Waals surface area contributed by atoms with Gasteiger partial charge in [-0.15, -0.1) is 0 Å². The molecule has 18 heavy (non-hydrogen) atoms. The topological polar surface area (TPSA) is 52.6 Å². The van der Waals surface area contributed by atoms with Crippen LogP contribution >= 0.6 is 0 Å². The number of carbonyl (C=O) groups excluding carboxylic acids is 2. The summed E-state index contributed by atoms with van der Waals surface area (Å²) in [5.74, 6) is -0.0245. The molecular formula is C14H24O4. The molecule has 0 aromatic rings. The largest absolute Gasteiger partial charge is 0.353 e. The fraction of sp³-hybridized carbons (Fsp3) is 0.857. The Labute approximate surface area is 109 Å². The second-order valence-electron chi connectivity index (χ2n) is 5.05. The quantitative estimate of drug-likeness (QED) is 0.626. The molecule has 1 aliphatic heterocycles. The highest BCUT2D eigenvalue weighted by Crippen LogP contribution is 2.17. The van der Waals surface area contributed by atoms with Crippen LogP contribution in [0.1, 0.15) is 58.8 Å². The van der Waals surface area contributed by atoms with Gasteiger partial charge < -0.3 is 9.47 Å². The molecule has 0 aliphatic carbocycles. The molecule has 0 bridgehead atoms. The van der Waals surface area contributed by atoms with E-state index in [2.05, 4.69) is 0 Å². The summed E-state index contributed by atoms with van der Waals surface area (Å²) < 4.78 is 11.2. The fourth-order valence-electron chi connectivity index (χ4n) is 2.10. The summed E-state index contributed by atoms with van der Waals surface area (Å²) in [4.78, 5) is 22.1. The zero-order chi connectivity index (χ0) is 13.4. The van der Waals surface area contributed by atoms with Crippen molar-refractivity contribution in [3.8, 4) is 0 Å². The predicted molar refractivity (Wildman–Crippen MR) is 68.3 cm³/mol. The van der Waals surface area contributed by atoms with E-state index >= 15 is 0 Å². The molecule has 0 N–H and O–H groups in total. The summed E-state index contributed by atoms with van der Waals surface area (Å²) in [5.41, 5.74) is 0. The first-order chi connectivity index (χ1) is 8.58. The van der Waals surface area contributed by atoms with Crippen LogP contribution in [0.3, 0.4) is 0 Å². The Morgan fingerprint density at radius 3 is 2.78 bits per heavy atom. The molecule has 4 nitrogen and oxygen atoms in total. The maximum absolute atomic E-state index is 11.3. The summed E-state index contributed by atoms with van der Waals surface area (Å²) in [6.07, 6.45) is 5.44. The lowest BCUT2D eigenvalue weighted by Gasteiger charge is -2.26. The number of hydrogen-bond donors (Lipinski definition) is 0. The minimum atomic E-state index is -0.0679. The van der Waals surface area contributed by atoms with E-state index in [1.54, 1.807) is 0 Å². The Morgan fingerprint density at radius 1 is 1.39 bits per heavy atom. The SMILES string of the molecule is CC(=O)CC(=O)CCC[C@H](C)OC1CCCCO1. The molecule has 1 aliphatic rings. The van der Waals surface area contributed by atoms with Crippen LogP contribution in [0, 0.1) is 0 Å². The van der Waals surface area contributed by atoms with Gasteiger partial charge in [0.1, 0.15) is 11.6 Å². The highest BCUT2D eigenvalue weighted by molar-refractivity contribution is 5.97. The van der Waals surface area contributed by atoms with Gasteiger partial charge in [-0.25, -0.2) is 0 Å². The second kappa shape index (κ2) is 8.38. The van der Waals surface area contributed by atoms with Crippen LogP contribution in [0.15, 0.2) is 0 Å². The van der Waals surface area contributed by atoms with Gasteiger partial charge in [-0.3, -0.25) is 9.59 Å². The molecule has 0 amide bonds. The Balaban J connectivity index is 2.07. The van der Waals surface area contributed by atoms with Gasteiger partial charge in [0.2, 0.25) is 0 Å². The molecule has 0 radical (unpaired) electrons. The third kappa shape index (κ3) is 6.87. The number of hydrogen-bond acceptors (Lipinski definition) is 4. The minimum Gasteiger partial charge on any atom is -0.353 e. The standard InChI is InChI=1S/C14H24O4/c1-11(15)10-13(16)7-5-6-12(2)18-14-8-3-4-9-17-14/h12,14H,3-10H2,1-2H3/t12-,14?/m0/s1. The van der Waals surface area contributed by atoms with Crippen molar-refractivity contribution in [3.63, 3.8) is 0 Å². The van der Waals surface area contributed by atoms with E-state index in [-0.39, 0.29) is 30.4 Å². The van der Waals surface area contributed by atoms with E-state index in [4.69, 9.17) is 9.47 Å². The van der Waals surface area contributed by atoms with E-state index in [0.29, 0.717) is 6.42 Å². The lowest BCUT2D eigenvalue weighted by Crippen LogP contribution is -2.26. The molecule has 1 fully saturated rings. The smallest absolute Gasteiger partial charge is 0.157 e. The lowest BCUT2D eigenvalue weighted by atomic mass is 10.1. The van der Waals surface area contributed by atoms with Crippen LogP contribution in [0.2, 0.25) is 0 Å². The van der Waals surface area contributed by atoms with Crippen LogP contribution in [0.25, 0.3) is 0 Å². The van der Waals surface area contributed by atoms with Crippen LogP contribution in [0.5, 0.6) is 0 Å². The minimum absolute atomic E-state index is 0.0311. The summed E-state index contributed by atoms with van der Waals surface area (Å²) in [7, 11) is 0. The van der Waals surface area contributed by atoms with Gasteiger partial charge in [-0.05, 0) is 46.0 Å². The van der Waals surface area contributed by atoms with Gasteiger partial charge in [0, 0.05) is 13.0 Å². The Bertz CT molecular complexity index is 269. The van der Waals surface area contributed by atoms with E-state index in [9.17, 15) is 9.59 Å². The summed E-state index contributed by atoms with van der Waals surface area (Å²) in [6, 6.07) is 0. The van der Waals surface area contributed by atoms with Gasteiger partial charge in [-0.1, -0.05) is 0 Å². The number of carbonyl (C=O) groups is 2. The molecule has 0 spiro atoms. The average molecular weight is 256 g/mol. The Kier molecular flexibility index (Phi) is 7.13. The number of Topliss-reactive ketones (excluding diaryl/α,β-unsaturated/α-hetero) is 2. The van der Waals surface area contributed by atoms with Crippen molar-refractivity contribution in [2.45, 2.75) is 71.2 Å². The molecule has 1 saturated heterocycles. The van der Waals surface area contributed by atoms with Crippen LogP contribution in [0.4, 0.5) is 0 Å². The second-order valence-corrected chi connectivity index (χ2v) is 5.05. The first-order valence-electron chi connectivity index (χ1n) is 6.86. The van der Waals surface area contributed by atoms with Crippen LogP contribution < -0.4 is 0 Å². The number of ketones is 2. The van der Waals surface area contributed by atoms with Gasteiger partial charge in [0.05, 0.1) is 12.5 Å². The highest BCUT2D eigenvalue weighted by atomic mass is 16.7. The summed E-state index contributed by atoms with van der Waals surface area (Å²) in [5, 5.41) is 0. The normalized spacial score (nSPS) is 21.6. The van der Waals surface area contributed by atoms with E-state index < -0.39 is 0 Å². The number of ether oxygens (including phenoxy) is 2.